The van der Waals surface area contributed by atoms with E-state index >= 15 is 0 Å². The lowest BCUT2D eigenvalue weighted by Gasteiger charge is -2.30. The Bertz CT molecular complexity index is 592. The van der Waals surface area contributed by atoms with E-state index in [4.69, 9.17) is 14.2 Å². The molecule has 0 N–H and O–H groups in total. The molecule has 5 nitrogen and oxygen atoms in total. The number of methoxy groups -OCH3 is 1. The van der Waals surface area contributed by atoms with Gasteiger partial charge in [-0.05, 0) is 37.7 Å². The molecule has 1 atom stereocenters. The third-order valence-corrected chi connectivity index (χ3v) is 5.59. The molecule has 0 heterocycles. The molecule has 0 amide bonds. The van der Waals surface area contributed by atoms with Crippen molar-refractivity contribution in [2.75, 3.05) is 20.3 Å². The molecule has 0 saturated heterocycles. The van der Waals surface area contributed by atoms with E-state index in [-0.39, 0.29) is 24.5 Å². The number of benzene rings is 1. The van der Waals surface area contributed by atoms with Gasteiger partial charge in [-0.15, -0.1) is 0 Å². The summed E-state index contributed by atoms with van der Waals surface area (Å²) < 4.78 is 16.3. The van der Waals surface area contributed by atoms with Gasteiger partial charge in [0.15, 0.2) is 0 Å². The molecule has 28 heavy (non-hydrogen) atoms. The van der Waals surface area contributed by atoms with E-state index in [9.17, 15) is 9.59 Å². The highest BCUT2D eigenvalue weighted by atomic mass is 16.5. The van der Waals surface area contributed by atoms with Gasteiger partial charge in [-0.1, -0.05) is 56.5 Å². The van der Waals surface area contributed by atoms with Crippen molar-refractivity contribution in [1.82, 2.24) is 0 Å². The van der Waals surface area contributed by atoms with Crippen molar-refractivity contribution in [3.63, 3.8) is 0 Å². The fourth-order valence-electron chi connectivity index (χ4n) is 3.89. The van der Waals surface area contributed by atoms with Gasteiger partial charge in [0.05, 0.1) is 17.9 Å². The van der Waals surface area contributed by atoms with E-state index in [1.165, 1.54) is 0 Å². The van der Waals surface area contributed by atoms with Gasteiger partial charge in [0.1, 0.15) is 6.61 Å². The van der Waals surface area contributed by atoms with Crippen LogP contribution in [0.4, 0.5) is 0 Å². The molecule has 1 aromatic rings. The van der Waals surface area contributed by atoms with Crippen LogP contribution in [-0.4, -0.2) is 32.3 Å². The highest BCUT2D eigenvalue weighted by Crippen LogP contribution is 2.45. The molecule has 0 radical (unpaired) electrons. The summed E-state index contributed by atoms with van der Waals surface area (Å²) in [5, 5.41) is 0. The zero-order chi connectivity index (χ0) is 20.2. The summed E-state index contributed by atoms with van der Waals surface area (Å²) >= 11 is 0. The molecule has 0 bridgehead atoms. The Kier molecular flexibility index (Phi) is 9.48. The first kappa shape index (κ1) is 22.4. The van der Waals surface area contributed by atoms with Gasteiger partial charge in [-0.2, -0.15) is 0 Å². The molecule has 1 aliphatic rings. The molecule has 1 fully saturated rings. The minimum atomic E-state index is -0.586. The topological polar surface area (TPSA) is 61.8 Å². The molecule has 1 aliphatic carbocycles. The van der Waals surface area contributed by atoms with Gasteiger partial charge in [0.2, 0.25) is 0 Å². The van der Waals surface area contributed by atoms with Crippen molar-refractivity contribution in [3.05, 3.63) is 35.9 Å². The van der Waals surface area contributed by atoms with E-state index in [0.717, 1.165) is 44.1 Å². The smallest absolute Gasteiger partial charge is 0.312 e. The van der Waals surface area contributed by atoms with Crippen LogP contribution in [0.25, 0.3) is 0 Å². The second kappa shape index (κ2) is 11.8. The minimum absolute atomic E-state index is 0.183. The van der Waals surface area contributed by atoms with Crippen molar-refractivity contribution >= 4 is 11.9 Å². The van der Waals surface area contributed by atoms with Gasteiger partial charge in [-0.25, -0.2) is 0 Å². The molecule has 156 valence electrons. The van der Waals surface area contributed by atoms with Crippen LogP contribution in [0.15, 0.2) is 30.3 Å². The highest BCUT2D eigenvalue weighted by molar-refractivity contribution is 5.79. The van der Waals surface area contributed by atoms with Crippen LogP contribution in [0.1, 0.15) is 63.9 Å². The molecular weight excluding hydrogens is 356 g/mol. The van der Waals surface area contributed by atoms with Crippen molar-refractivity contribution in [2.24, 2.45) is 11.3 Å². The molecule has 1 saturated carbocycles. The Labute approximate surface area is 168 Å². The molecule has 1 aromatic carbocycles. The Morgan fingerprint density at radius 3 is 2.43 bits per heavy atom. The number of hydrogen-bond acceptors (Lipinski definition) is 5. The maximum atomic E-state index is 13.0. The van der Waals surface area contributed by atoms with E-state index in [2.05, 4.69) is 6.92 Å². The van der Waals surface area contributed by atoms with Crippen LogP contribution in [-0.2, 0) is 30.4 Å². The quantitative estimate of drug-likeness (QED) is 0.383. The monoisotopic (exact) mass is 390 g/mol. The summed E-state index contributed by atoms with van der Waals surface area (Å²) in [7, 11) is 1.62. The van der Waals surface area contributed by atoms with Crippen LogP contribution in [0, 0.1) is 11.3 Å². The summed E-state index contributed by atoms with van der Waals surface area (Å²) in [6.07, 6.45) is 6.40. The Balaban J connectivity index is 2.03. The third kappa shape index (κ3) is 6.62. The molecular formula is C23H34O5. The van der Waals surface area contributed by atoms with Gasteiger partial charge >= 0.3 is 11.9 Å². The number of unbranched alkanes of at least 4 members (excludes halogenated alkanes) is 1. The number of ether oxygens (including phenoxy) is 3. The summed E-state index contributed by atoms with van der Waals surface area (Å²) in [4.78, 5) is 25.7. The largest absolute Gasteiger partial charge is 0.465 e. The maximum Gasteiger partial charge on any atom is 0.312 e. The average Bonchev–Trinajstić information content (AvgIpc) is 3.20. The lowest BCUT2D eigenvalue weighted by Crippen LogP contribution is -2.35. The molecule has 0 aliphatic heterocycles. The maximum absolute atomic E-state index is 13.0. The summed E-state index contributed by atoms with van der Waals surface area (Å²) in [6.45, 7) is 3.24. The van der Waals surface area contributed by atoms with Crippen molar-refractivity contribution in [2.45, 2.75) is 64.9 Å². The average molecular weight is 391 g/mol. The first-order valence-electron chi connectivity index (χ1n) is 10.5. The van der Waals surface area contributed by atoms with Gasteiger partial charge in [0.25, 0.3) is 0 Å². The number of esters is 2. The summed E-state index contributed by atoms with van der Waals surface area (Å²) in [6, 6.07) is 9.69. The second-order valence-corrected chi connectivity index (χ2v) is 7.75. The van der Waals surface area contributed by atoms with Crippen LogP contribution in [0.3, 0.4) is 0 Å². The van der Waals surface area contributed by atoms with E-state index in [1.807, 2.05) is 30.3 Å². The predicted octanol–water partition coefficient (Wildman–Crippen LogP) is 4.68. The zero-order valence-corrected chi connectivity index (χ0v) is 17.3. The predicted molar refractivity (Wildman–Crippen MR) is 108 cm³/mol. The lowest BCUT2D eigenvalue weighted by atomic mass is 9.76. The van der Waals surface area contributed by atoms with Gasteiger partial charge in [-0.3, -0.25) is 9.59 Å². The van der Waals surface area contributed by atoms with Gasteiger partial charge in [0, 0.05) is 13.7 Å². The SMILES string of the molecule is CCCCOC(=O)C(CCOC)CC1(C(=O)OCc2ccccc2)CCCC1. The zero-order valence-electron chi connectivity index (χ0n) is 17.3. The van der Waals surface area contributed by atoms with Crippen molar-refractivity contribution in [3.8, 4) is 0 Å². The normalized spacial score (nSPS) is 16.5. The van der Waals surface area contributed by atoms with Crippen LogP contribution in [0.5, 0.6) is 0 Å². The fourth-order valence-corrected chi connectivity index (χ4v) is 3.89. The Hall–Kier alpha value is -1.88. The van der Waals surface area contributed by atoms with E-state index in [1.54, 1.807) is 7.11 Å². The van der Waals surface area contributed by atoms with Crippen molar-refractivity contribution in [1.29, 1.82) is 0 Å². The fraction of sp³-hybridized carbons (Fsp3) is 0.652. The van der Waals surface area contributed by atoms with E-state index < -0.39 is 5.41 Å². The molecule has 1 unspecified atom stereocenters. The lowest BCUT2D eigenvalue weighted by molar-refractivity contribution is -0.161. The standard InChI is InChI=1S/C23H34O5/c1-3-4-15-27-21(24)20(12-16-26-2)17-23(13-8-9-14-23)22(25)28-18-19-10-6-5-7-11-19/h5-7,10-11,20H,3-4,8-9,12-18H2,1-2H3. The number of carbonyl (C=O) groups is 2. The number of rotatable bonds is 12. The first-order valence-corrected chi connectivity index (χ1v) is 10.5. The number of hydrogen-bond donors (Lipinski definition) is 0. The van der Waals surface area contributed by atoms with Crippen LogP contribution >= 0.6 is 0 Å². The van der Waals surface area contributed by atoms with Gasteiger partial charge < -0.3 is 14.2 Å². The Morgan fingerprint density at radius 1 is 1.07 bits per heavy atom. The minimum Gasteiger partial charge on any atom is -0.465 e. The second-order valence-electron chi connectivity index (χ2n) is 7.75. The first-order chi connectivity index (χ1) is 13.6. The molecule has 0 spiro atoms. The Morgan fingerprint density at radius 2 is 1.79 bits per heavy atom. The highest BCUT2D eigenvalue weighted by Gasteiger charge is 2.45. The summed E-state index contributed by atoms with van der Waals surface area (Å²) in [5.74, 6) is -0.732. The molecule has 2 rings (SSSR count). The van der Waals surface area contributed by atoms with Crippen molar-refractivity contribution < 1.29 is 23.8 Å². The third-order valence-electron chi connectivity index (χ3n) is 5.59. The number of carbonyl (C=O) groups excluding carboxylic acids is 2. The van der Waals surface area contributed by atoms with Crippen LogP contribution in [0.2, 0.25) is 0 Å². The summed E-state index contributed by atoms with van der Waals surface area (Å²) in [5.41, 5.74) is 0.385. The van der Waals surface area contributed by atoms with Crippen LogP contribution < -0.4 is 0 Å². The molecule has 5 heteroatoms. The molecule has 0 aromatic heterocycles. The van der Waals surface area contributed by atoms with E-state index in [0.29, 0.717) is 26.1 Å².